The Kier molecular flexibility index (Phi) is 6.62. The van der Waals surface area contributed by atoms with Crippen molar-refractivity contribution in [2.24, 2.45) is 0 Å². The molecule has 0 radical (unpaired) electrons. The van der Waals surface area contributed by atoms with Crippen LogP contribution in [0.1, 0.15) is 0 Å². The fourth-order valence-electron chi connectivity index (χ4n) is 1.36. The molecule has 7 nitrogen and oxygen atoms in total. The average molecular weight is 397 g/mol. The minimum Gasteiger partial charge on any atom is -0.410 e. The number of para-hydroxylation sites is 1. The molecule has 0 amide bonds. The standard InChI is InChI=1S/C6H5N3O.C5H12N2O.F6P/c10-9-6-4-2-1-3-5(6)7-8-9;1-6-5(8-4)7(2)3;1-7(2,3,4,5)6/h1-4,10H;1-4H3;/q;;-1/p+1. The summed E-state index contributed by atoms with van der Waals surface area (Å²) in [6.07, 6.45) is 0. The van der Waals surface area contributed by atoms with E-state index in [1.165, 1.54) is 0 Å². The number of rotatable bonds is 0. The molecular weight excluding hydrogens is 379 g/mol. The van der Waals surface area contributed by atoms with Crippen molar-refractivity contribution in [2.45, 2.75) is 0 Å². The van der Waals surface area contributed by atoms with Crippen molar-refractivity contribution in [1.82, 2.24) is 20.5 Å². The molecule has 14 heteroatoms. The van der Waals surface area contributed by atoms with E-state index < -0.39 is 7.81 Å². The molecule has 2 N–H and O–H groups in total. The number of amidine groups is 1. The van der Waals surface area contributed by atoms with Gasteiger partial charge >= 0.3 is 39.0 Å². The van der Waals surface area contributed by atoms with Gasteiger partial charge in [0.05, 0.1) is 28.3 Å². The molecule has 0 spiro atoms. The van der Waals surface area contributed by atoms with Crippen molar-refractivity contribution in [2.75, 3.05) is 28.3 Å². The number of aromatic nitrogens is 3. The molecule has 0 atom stereocenters. The molecule has 2 aromatic rings. The first kappa shape index (κ1) is 22.7. The van der Waals surface area contributed by atoms with Crippen LogP contribution >= 0.6 is 7.81 Å². The van der Waals surface area contributed by atoms with Gasteiger partial charge in [0.2, 0.25) is 0 Å². The van der Waals surface area contributed by atoms with Crippen molar-refractivity contribution in [3.05, 3.63) is 24.3 Å². The van der Waals surface area contributed by atoms with Gasteiger partial charge in [-0.1, -0.05) is 17.0 Å². The van der Waals surface area contributed by atoms with Gasteiger partial charge in [-0.25, -0.2) is 9.89 Å². The maximum atomic E-state index is 9.87. The summed E-state index contributed by atoms with van der Waals surface area (Å²) < 4.78 is 65.9. The molecular formula is C11H18F6N5O2P. The van der Waals surface area contributed by atoms with Gasteiger partial charge in [-0.3, -0.25) is 0 Å². The molecule has 0 fully saturated rings. The molecule has 146 valence electrons. The molecule has 0 saturated carbocycles. The van der Waals surface area contributed by atoms with Gasteiger partial charge in [0.1, 0.15) is 11.0 Å². The van der Waals surface area contributed by atoms with E-state index in [1.807, 2.05) is 37.9 Å². The van der Waals surface area contributed by atoms with Crippen LogP contribution in [0.25, 0.3) is 11.0 Å². The first-order valence-electron chi connectivity index (χ1n) is 6.37. The van der Waals surface area contributed by atoms with Crippen LogP contribution in [0.5, 0.6) is 0 Å². The zero-order chi connectivity index (χ0) is 20.0. The summed E-state index contributed by atoms with van der Waals surface area (Å²) >= 11 is 0. The first-order valence-corrected chi connectivity index (χ1v) is 8.40. The summed E-state index contributed by atoms with van der Waals surface area (Å²) in [5.74, 6) is 0. The van der Waals surface area contributed by atoms with Crippen molar-refractivity contribution >= 4 is 24.9 Å². The van der Waals surface area contributed by atoms with Gasteiger partial charge in [-0.05, 0) is 17.3 Å². The number of benzene rings is 1. The van der Waals surface area contributed by atoms with E-state index in [0.29, 0.717) is 11.0 Å². The molecule has 1 aromatic heterocycles. The van der Waals surface area contributed by atoms with Crippen molar-refractivity contribution in [3.8, 4) is 0 Å². The molecule has 0 aliphatic rings. The molecule has 25 heavy (non-hydrogen) atoms. The molecule has 0 unspecified atom stereocenters. The second-order valence-corrected chi connectivity index (χ2v) is 6.50. The molecule has 1 aromatic carbocycles. The second kappa shape index (κ2) is 7.30. The van der Waals surface area contributed by atoms with E-state index >= 15 is 0 Å². The third kappa shape index (κ3) is 12.8. The normalized spacial score (nSPS) is 13.2. The van der Waals surface area contributed by atoms with E-state index in [0.717, 1.165) is 10.9 Å². The monoisotopic (exact) mass is 397 g/mol. The Morgan fingerprint density at radius 2 is 1.64 bits per heavy atom. The predicted octanol–water partition coefficient (Wildman–Crippen LogP) is 3.53. The minimum atomic E-state index is -10.7. The van der Waals surface area contributed by atoms with E-state index in [-0.39, 0.29) is 0 Å². The Morgan fingerprint density at radius 1 is 1.16 bits per heavy atom. The van der Waals surface area contributed by atoms with Crippen LogP contribution in [0.4, 0.5) is 25.2 Å². The summed E-state index contributed by atoms with van der Waals surface area (Å²) in [6, 6.07) is 7.96. The van der Waals surface area contributed by atoms with Crippen molar-refractivity contribution in [3.63, 3.8) is 0 Å². The summed E-state index contributed by atoms with van der Waals surface area (Å²) in [6.45, 7) is 0. The first-order chi connectivity index (χ1) is 11.0. The Hall–Kier alpha value is -2.30. The van der Waals surface area contributed by atoms with Crippen LogP contribution in [0.2, 0.25) is 0 Å². The molecule has 0 saturated heterocycles. The largest absolute Gasteiger partial charge is 0.410 e. The van der Waals surface area contributed by atoms with Crippen LogP contribution in [-0.2, 0) is 4.74 Å². The van der Waals surface area contributed by atoms with E-state index in [2.05, 4.69) is 15.6 Å². The van der Waals surface area contributed by atoms with Gasteiger partial charge in [-0.15, -0.1) is 5.10 Å². The maximum absolute atomic E-state index is 10.7. The Labute approximate surface area is 138 Å². The Morgan fingerprint density at radius 3 is 1.96 bits per heavy atom. The fraction of sp³-hybridized carbons (Fsp3) is 0.364. The fourth-order valence-corrected chi connectivity index (χ4v) is 1.36. The molecule has 0 aliphatic carbocycles. The smallest absolute Gasteiger partial charge is 0.130 e. The van der Waals surface area contributed by atoms with Crippen LogP contribution in [0.3, 0.4) is 0 Å². The molecule has 0 bridgehead atoms. The van der Waals surface area contributed by atoms with Gasteiger partial charge in [0.15, 0.2) is 0 Å². The van der Waals surface area contributed by atoms with E-state index in [4.69, 9.17) is 9.94 Å². The van der Waals surface area contributed by atoms with Gasteiger partial charge in [0, 0.05) is 0 Å². The van der Waals surface area contributed by atoms with Gasteiger partial charge < -0.3 is 9.94 Å². The quantitative estimate of drug-likeness (QED) is 0.178. The second-order valence-electron chi connectivity index (χ2n) is 4.58. The number of ether oxygens (including phenoxy) is 1. The number of hydrogen-bond donors (Lipinski definition) is 2. The Bertz CT molecular complexity index is 710. The van der Waals surface area contributed by atoms with Crippen molar-refractivity contribution in [1.29, 1.82) is 0 Å². The number of fused-ring (bicyclic) bond motifs is 1. The minimum absolute atomic E-state index is 0.627. The number of nitrogens with zero attached hydrogens (tertiary/aromatic N) is 4. The third-order valence-electron chi connectivity index (χ3n) is 2.15. The van der Waals surface area contributed by atoms with E-state index in [9.17, 15) is 25.2 Å². The molecule has 1 heterocycles. The number of methoxy groups -OCH3 is 1. The summed E-state index contributed by atoms with van der Waals surface area (Å²) in [5, 5.41) is 18.9. The van der Waals surface area contributed by atoms with Crippen molar-refractivity contribution < 1.29 is 39.7 Å². The topological polar surface area (TPSA) is 75.2 Å². The van der Waals surface area contributed by atoms with Crippen LogP contribution in [0.15, 0.2) is 24.3 Å². The van der Waals surface area contributed by atoms with E-state index in [1.54, 1.807) is 19.2 Å². The average Bonchev–Trinajstić information content (AvgIpc) is 2.79. The SMILES string of the molecule is CNC(OC)=[N+](C)C.F[P-](F)(F)(F)(F)F.On1nnc2ccccc21. The Balaban J connectivity index is 0.000000355. The number of halogens is 6. The van der Waals surface area contributed by atoms with Crippen LogP contribution in [-0.4, -0.2) is 59.2 Å². The van der Waals surface area contributed by atoms with Gasteiger partial charge in [0.25, 0.3) is 0 Å². The number of nitrogens with one attached hydrogen (secondary N) is 1. The zero-order valence-electron chi connectivity index (χ0n) is 13.7. The molecule has 2 rings (SSSR count). The summed E-state index contributed by atoms with van der Waals surface area (Å²) in [7, 11) is -3.38. The summed E-state index contributed by atoms with van der Waals surface area (Å²) in [4.78, 5) is 0.759. The third-order valence-corrected chi connectivity index (χ3v) is 2.15. The maximum Gasteiger partial charge on any atom is 0.130 e. The van der Waals surface area contributed by atoms with Crippen LogP contribution < -0.4 is 5.32 Å². The zero-order valence-corrected chi connectivity index (χ0v) is 14.6. The number of hydrogen-bond acceptors (Lipinski definition) is 4. The molecule has 0 aliphatic heterocycles. The predicted molar refractivity (Wildman–Crippen MR) is 81.5 cm³/mol. The summed E-state index contributed by atoms with van der Waals surface area (Å²) in [5.41, 5.74) is 1.33. The van der Waals surface area contributed by atoms with Gasteiger partial charge in [-0.2, -0.15) is 0 Å². The van der Waals surface area contributed by atoms with Crippen LogP contribution in [0, 0.1) is 0 Å².